The molecule has 1 fully saturated rings. The van der Waals surface area contributed by atoms with Gasteiger partial charge >= 0.3 is 0 Å². The molecule has 1 saturated heterocycles. The van der Waals surface area contributed by atoms with Crippen molar-refractivity contribution in [3.05, 3.63) is 63.6 Å². The van der Waals surface area contributed by atoms with E-state index in [1.165, 1.54) is 4.31 Å². The van der Waals surface area contributed by atoms with Crippen molar-refractivity contribution in [3.8, 4) is 0 Å². The highest BCUT2D eigenvalue weighted by molar-refractivity contribution is 7.88. The number of halogens is 2. The minimum absolute atomic E-state index is 0.0560. The molecule has 7 nitrogen and oxygen atoms in total. The van der Waals surface area contributed by atoms with Crippen molar-refractivity contribution in [2.45, 2.75) is 31.9 Å². The van der Waals surface area contributed by atoms with Crippen molar-refractivity contribution in [3.63, 3.8) is 0 Å². The summed E-state index contributed by atoms with van der Waals surface area (Å²) in [5, 5.41) is 6.19. The molecule has 2 aromatic carbocycles. The average Bonchev–Trinajstić information content (AvgIpc) is 2.80. The number of carbonyl (C=O) groups is 2. The summed E-state index contributed by atoms with van der Waals surface area (Å²) in [6.45, 7) is 2.87. The normalized spacial score (nSPS) is 16.9. The zero-order valence-electron chi connectivity index (χ0n) is 18.3. The number of carbonyl (C=O) groups excluding carboxylic acids is 2. The van der Waals surface area contributed by atoms with Crippen molar-refractivity contribution in [2.75, 3.05) is 25.0 Å². The molecule has 1 unspecified atom stereocenters. The highest BCUT2D eigenvalue weighted by Crippen LogP contribution is 2.29. The lowest BCUT2D eigenvalue weighted by Crippen LogP contribution is -2.44. The molecule has 1 atom stereocenters. The van der Waals surface area contributed by atoms with Crippen LogP contribution >= 0.6 is 23.2 Å². The second-order valence-corrected chi connectivity index (χ2v) is 10.7. The number of para-hydroxylation sites is 1. The van der Waals surface area contributed by atoms with E-state index in [0.29, 0.717) is 42.7 Å². The van der Waals surface area contributed by atoms with Crippen LogP contribution in [0.15, 0.2) is 42.5 Å². The lowest BCUT2D eigenvalue weighted by atomic mass is 9.98. The van der Waals surface area contributed by atoms with Gasteiger partial charge < -0.3 is 10.6 Å². The predicted octanol–water partition coefficient (Wildman–Crippen LogP) is 4.31. The Morgan fingerprint density at radius 1 is 1.09 bits per heavy atom. The number of nitrogens with zero attached hydrogens (tertiary/aromatic N) is 1. The average molecular weight is 512 g/mol. The van der Waals surface area contributed by atoms with Crippen LogP contribution in [0, 0.1) is 5.92 Å². The van der Waals surface area contributed by atoms with E-state index < -0.39 is 15.9 Å². The maximum absolute atomic E-state index is 13.1. The molecule has 1 aliphatic heterocycles. The smallest absolute Gasteiger partial charge is 0.253 e. The molecule has 0 radical (unpaired) electrons. The molecule has 2 N–H and O–H groups in total. The third kappa shape index (κ3) is 6.47. The van der Waals surface area contributed by atoms with Crippen LogP contribution in [0.2, 0.25) is 10.0 Å². The molecular formula is C23H27Cl2N3O4S. The molecule has 0 spiro atoms. The van der Waals surface area contributed by atoms with Gasteiger partial charge in [-0.3, -0.25) is 9.59 Å². The topological polar surface area (TPSA) is 95.6 Å². The Bertz CT molecular complexity index is 1100. The van der Waals surface area contributed by atoms with Gasteiger partial charge in [-0.1, -0.05) is 48.3 Å². The van der Waals surface area contributed by atoms with Crippen LogP contribution in [0.4, 0.5) is 5.69 Å². The van der Waals surface area contributed by atoms with Crippen LogP contribution in [0.3, 0.4) is 0 Å². The van der Waals surface area contributed by atoms with Crippen LogP contribution in [0.1, 0.15) is 42.1 Å². The minimum Gasteiger partial charge on any atom is -0.352 e. The highest BCUT2D eigenvalue weighted by Gasteiger charge is 2.33. The Morgan fingerprint density at radius 3 is 2.48 bits per heavy atom. The Hall–Kier alpha value is -2.13. The van der Waals surface area contributed by atoms with Crippen LogP contribution in [-0.2, 0) is 20.6 Å². The lowest BCUT2D eigenvalue weighted by molar-refractivity contribution is -0.120. The number of sulfonamides is 1. The van der Waals surface area contributed by atoms with Crippen LogP contribution < -0.4 is 10.6 Å². The molecule has 2 amide bonds. The first-order valence-corrected chi connectivity index (χ1v) is 13.2. The summed E-state index contributed by atoms with van der Waals surface area (Å²) in [5.74, 6) is -1.46. The van der Waals surface area contributed by atoms with Crippen molar-refractivity contribution >= 4 is 50.7 Å². The molecule has 2 aromatic rings. The molecular weight excluding hydrogens is 485 g/mol. The van der Waals surface area contributed by atoms with E-state index in [-0.39, 0.29) is 34.2 Å². The first-order valence-electron chi connectivity index (χ1n) is 10.8. The number of amides is 2. The van der Waals surface area contributed by atoms with Gasteiger partial charge in [0.05, 0.1) is 22.9 Å². The summed E-state index contributed by atoms with van der Waals surface area (Å²) in [6, 6.07) is 11.6. The second kappa shape index (κ2) is 11.3. The number of rotatable bonds is 8. The molecule has 10 heteroatoms. The highest BCUT2D eigenvalue weighted by atomic mass is 35.5. The Morgan fingerprint density at radius 2 is 1.79 bits per heavy atom. The number of hydrogen-bond acceptors (Lipinski definition) is 4. The molecule has 0 aromatic heterocycles. The van der Waals surface area contributed by atoms with Crippen LogP contribution in [-0.4, -0.2) is 44.2 Å². The molecule has 1 heterocycles. The first-order chi connectivity index (χ1) is 15.7. The van der Waals surface area contributed by atoms with Crippen molar-refractivity contribution < 1.29 is 18.0 Å². The summed E-state index contributed by atoms with van der Waals surface area (Å²) in [5.41, 5.74) is 1.12. The molecule has 33 heavy (non-hydrogen) atoms. The first kappa shape index (κ1) is 25.5. The van der Waals surface area contributed by atoms with E-state index in [1.54, 1.807) is 42.5 Å². The third-order valence-corrected chi connectivity index (χ3v) is 7.98. The molecule has 3 rings (SSSR count). The minimum atomic E-state index is -3.73. The summed E-state index contributed by atoms with van der Waals surface area (Å²) < 4.78 is 27.4. The summed E-state index contributed by atoms with van der Waals surface area (Å²) in [7, 11) is -3.73. The van der Waals surface area contributed by atoms with E-state index in [2.05, 4.69) is 10.6 Å². The van der Waals surface area contributed by atoms with Gasteiger partial charge in [0.25, 0.3) is 5.91 Å². The van der Waals surface area contributed by atoms with Gasteiger partial charge in [-0.05, 0) is 43.5 Å². The summed E-state index contributed by atoms with van der Waals surface area (Å²) in [4.78, 5) is 25.4. The fourth-order valence-corrected chi connectivity index (χ4v) is 6.07. The number of anilines is 1. The summed E-state index contributed by atoms with van der Waals surface area (Å²) in [6.07, 6.45) is 1.90. The number of benzene rings is 2. The van der Waals surface area contributed by atoms with Crippen molar-refractivity contribution in [1.82, 2.24) is 9.62 Å². The zero-order valence-corrected chi connectivity index (χ0v) is 20.6. The van der Waals surface area contributed by atoms with E-state index >= 15 is 0 Å². The fourth-order valence-electron chi connectivity index (χ4n) is 3.71. The van der Waals surface area contributed by atoms with Gasteiger partial charge in [0.2, 0.25) is 15.9 Å². The van der Waals surface area contributed by atoms with E-state index in [1.807, 2.05) is 6.92 Å². The number of hydrogen-bond donors (Lipinski definition) is 2. The third-order valence-electron chi connectivity index (χ3n) is 5.50. The Kier molecular flexibility index (Phi) is 8.75. The summed E-state index contributed by atoms with van der Waals surface area (Å²) >= 11 is 12.3. The van der Waals surface area contributed by atoms with Crippen molar-refractivity contribution in [1.29, 1.82) is 0 Å². The van der Waals surface area contributed by atoms with Gasteiger partial charge in [-0.25, -0.2) is 12.7 Å². The zero-order chi connectivity index (χ0) is 24.0. The van der Waals surface area contributed by atoms with E-state index in [4.69, 9.17) is 23.2 Å². The Labute approximate surface area is 204 Å². The second-order valence-electron chi connectivity index (χ2n) is 7.94. The largest absolute Gasteiger partial charge is 0.352 e. The quantitative estimate of drug-likeness (QED) is 0.551. The molecule has 178 valence electrons. The molecule has 1 aliphatic rings. The van der Waals surface area contributed by atoms with Crippen LogP contribution in [0.5, 0.6) is 0 Å². The number of piperidine rings is 1. The SMILES string of the molecule is CCCNC(=O)c1ccccc1NC(=O)C1CCCN(S(=O)(=O)Cc2c(Cl)cccc2Cl)C1. The van der Waals surface area contributed by atoms with Gasteiger partial charge in [0, 0.05) is 35.2 Å². The van der Waals surface area contributed by atoms with Gasteiger partial charge in [-0.15, -0.1) is 0 Å². The Balaban J connectivity index is 1.71. The van der Waals surface area contributed by atoms with Crippen LogP contribution in [0.25, 0.3) is 0 Å². The van der Waals surface area contributed by atoms with Gasteiger partial charge in [0.1, 0.15) is 0 Å². The maximum Gasteiger partial charge on any atom is 0.253 e. The van der Waals surface area contributed by atoms with E-state index in [0.717, 1.165) is 6.42 Å². The molecule has 0 bridgehead atoms. The molecule has 0 saturated carbocycles. The van der Waals surface area contributed by atoms with Gasteiger partial charge in [-0.2, -0.15) is 0 Å². The monoisotopic (exact) mass is 511 g/mol. The fraction of sp³-hybridized carbons (Fsp3) is 0.391. The molecule has 0 aliphatic carbocycles. The van der Waals surface area contributed by atoms with E-state index in [9.17, 15) is 18.0 Å². The lowest BCUT2D eigenvalue weighted by Gasteiger charge is -2.31. The van der Waals surface area contributed by atoms with Gasteiger partial charge in [0.15, 0.2) is 0 Å². The van der Waals surface area contributed by atoms with Crippen molar-refractivity contribution in [2.24, 2.45) is 5.92 Å². The maximum atomic E-state index is 13.1. The standard InChI is InChI=1S/C23H27Cl2N3O4S/c1-2-12-26-23(30)17-8-3-4-11-21(17)27-22(29)16-7-6-13-28(14-16)33(31,32)15-18-19(24)9-5-10-20(18)25/h3-5,8-11,16H,2,6-7,12-15H2,1H3,(H,26,30)(H,27,29). The predicted molar refractivity (Wildman–Crippen MR) is 131 cm³/mol. The number of nitrogens with one attached hydrogen (secondary N) is 2.